The van der Waals surface area contributed by atoms with E-state index >= 15 is 0 Å². The van der Waals surface area contributed by atoms with Gasteiger partial charge in [0, 0.05) is 30.3 Å². The van der Waals surface area contributed by atoms with Crippen molar-refractivity contribution in [2.24, 2.45) is 5.92 Å². The number of nitrogens with one attached hydrogen (secondary N) is 3. The van der Waals surface area contributed by atoms with Crippen molar-refractivity contribution >= 4 is 29.9 Å². The zero-order chi connectivity index (χ0) is 19.8. The number of carbonyl (C=O) groups excluding carboxylic acids is 2. The molecular formula is C23H30ClN3O2. The van der Waals surface area contributed by atoms with Gasteiger partial charge in [-0.2, -0.15) is 0 Å². The summed E-state index contributed by atoms with van der Waals surface area (Å²) in [6.45, 7) is 4.15. The van der Waals surface area contributed by atoms with Gasteiger partial charge in [-0.3, -0.25) is 9.59 Å². The first-order valence-electron chi connectivity index (χ1n) is 10.1. The first-order chi connectivity index (χ1) is 13.7. The minimum atomic E-state index is -0.134. The summed E-state index contributed by atoms with van der Waals surface area (Å²) in [7, 11) is 0. The van der Waals surface area contributed by atoms with Crippen LogP contribution in [0.1, 0.15) is 54.1 Å². The third kappa shape index (κ3) is 6.58. The van der Waals surface area contributed by atoms with Crippen molar-refractivity contribution in [3.63, 3.8) is 0 Å². The molecule has 1 aliphatic rings. The Hall–Kier alpha value is -2.37. The number of amides is 2. The Labute approximate surface area is 179 Å². The summed E-state index contributed by atoms with van der Waals surface area (Å²) in [4.78, 5) is 24.7. The number of para-hydroxylation sites is 1. The van der Waals surface area contributed by atoms with Crippen molar-refractivity contribution in [2.75, 3.05) is 11.9 Å². The summed E-state index contributed by atoms with van der Waals surface area (Å²) in [5, 5.41) is 9.29. The number of benzene rings is 2. The highest BCUT2D eigenvalue weighted by atomic mass is 35.5. The van der Waals surface area contributed by atoms with Crippen LogP contribution in [0.25, 0.3) is 0 Å². The fourth-order valence-corrected chi connectivity index (χ4v) is 3.55. The van der Waals surface area contributed by atoms with Gasteiger partial charge in [-0.05, 0) is 48.7 Å². The van der Waals surface area contributed by atoms with E-state index in [9.17, 15) is 9.59 Å². The Morgan fingerprint density at radius 2 is 1.66 bits per heavy atom. The first kappa shape index (κ1) is 22.9. The minimum absolute atomic E-state index is 0. The normalized spacial score (nSPS) is 13.6. The van der Waals surface area contributed by atoms with Crippen LogP contribution in [0, 0.1) is 5.92 Å². The molecule has 0 spiro atoms. The number of rotatable bonds is 8. The monoisotopic (exact) mass is 415 g/mol. The lowest BCUT2D eigenvalue weighted by Crippen LogP contribution is -2.28. The topological polar surface area (TPSA) is 70.2 Å². The Morgan fingerprint density at radius 1 is 0.966 bits per heavy atom. The van der Waals surface area contributed by atoms with E-state index in [-0.39, 0.29) is 30.1 Å². The van der Waals surface area contributed by atoms with Gasteiger partial charge in [0.2, 0.25) is 5.91 Å². The lowest BCUT2D eigenvalue weighted by atomic mass is 10.1. The molecule has 6 heteroatoms. The predicted octanol–water partition coefficient (Wildman–Crippen LogP) is 4.28. The second-order valence-electron chi connectivity index (χ2n) is 7.29. The Morgan fingerprint density at radius 3 is 2.34 bits per heavy atom. The Balaban J connectivity index is 0.00000300. The van der Waals surface area contributed by atoms with E-state index in [0.717, 1.165) is 49.0 Å². The van der Waals surface area contributed by atoms with Crippen LogP contribution in [0.4, 0.5) is 5.69 Å². The summed E-state index contributed by atoms with van der Waals surface area (Å²) >= 11 is 0. The van der Waals surface area contributed by atoms with Gasteiger partial charge in [0.25, 0.3) is 5.91 Å². The van der Waals surface area contributed by atoms with Crippen LogP contribution >= 0.6 is 12.4 Å². The molecule has 0 heterocycles. The van der Waals surface area contributed by atoms with Crippen LogP contribution in [-0.4, -0.2) is 18.4 Å². The minimum Gasteiger partial charge on any atom is -0.352 e. The molecule has 0 atom stereocenters. The number of hydrogen-bond acceptors (Lipinski definition) is 3. The van der Waals surface area contributed by atoms with E-state index in [2.05, 4.69) is 22.9 Å². The average Bonchev–Trinajstić information content (AvgIpc) is 3.27. The maximum absolute atomic E-state index is 12.6. The molecule has 0 aliphatic heterocycles. The molecule has 156 valence electrons. The molecule has 5 nitrogen and oxygen atoms in total. The van der Waals surface area contributed by atoms with E-state index in [0.29, 0.717) is 18.7 Å². The van der Waals surface area contributed by atoms with Crippen molar-refractivity contribution in [2.45, 2.75) is 45.7 Å². The van der Waals surface area contributed by atoms with Crippen molar-refractivity contribution in [3.05, 3.63) is 65.2 Å². The molecule has 0 unspecified atom stereocenters. The lowest BCUT2D eigenvalue weighted by Gasteiger charge is -2.12. The van der Waals surface area contributed by atoms with Crippen LogP contribution in [0.2, 0.25) is 0 Å². The van der Waals surface area contributed by atoms with Gasteiger partial charge in [0.05, 0.1) is 0 Å². The predicted molar refractivity (Wildman–Crippen MR) is 119 cm³/mol. The largest absolute Gasteiger partial charge is 0.352 e. The third-order valence-corrected chi connectivity index (χ3v) is 5.24. The summed E-state index contributed by atoms with van der Waals surface area (Å²) in [6.07, 6.45) is 4.31. The van der Waals surface area contributed by atoms with Gasteiger partial charge in [0.1, 0.15) is 0 Å². The van der Waals surface area contributed by atoms with E-state index in [1.165, 1.54) is 0 Å². The zero-order valence-electron chi connectivity index (χ0n) is 16.9. The smallest absolute Gasteiger partial charge is 0.255 e. The zero-order valence-corrected chi connectivity index (χ0v) is 17.7. The average molecular weight is 416 g/mol. The highest BCUT2D eigenvalue weighted by Crippen LogP contribution is 2.24. The molecule has 0 aromatic heterocycles. The van der Waals surface area contributed by atoms with E-state index < -0.39 is 0 Å². The Bertz CT molecular complexity index is 802. The van der Waals surface area contributed by atoms with Crippen LogP contribution in [-0.2, 0) is 17.9 Å². The van der Waals surface area contributed by atoms with Gasteiger partial charge in [-0.15, -0.1) is 12.4 Å². The molecule has 29 heavy (non-hydrogen) atoms. The van der Waals surface area contributed by atoms with E-state index in [4.69, 9.17) is 0 Å². The number of carbonyl (C=O) groups is 2. The second-order valence-corrected chi connectivity index (χ2v) is 7.29. The highest BCUT2D eigenvalue weighted by molar-refractivity contribution is 6.04. The summed E-state index contributed by atoms with van der Waals surface area (Å²) in [6, 6.07) is 15.2. The van der Waals surface area contributed by atoms with Crippen molar-refractivity contribution in [1.29, 1.82) is 0 Å². The molecule has 2 aromatic carbocycles. The first-order valence-corrected chi connectivity index (χ1v) is 10.1. The van der Waals surface area contributed by atoms with Crippen molar-refractivity contribution in [1.82, 2.24) is 10.6 Å². The molecule has 3 rings (SSSR count). The molecule has 1 fully saturated rings. The molecule has 2 aromatic rings. The van der Waals surface area contributed by atoms with Gasteiger partial charge in [-0.25, -0.2) is 0 Å². The molecule has 0 radical (unpaired) electrons. The number of hydrogen-bond donors (Lipinski definition) is 3. The van der Waals surface area contributed by atoms with Gasteiger partial charge < -0.3 is 16.0 Å². The maximum atomic E-state index is 12.6. The lowest BCUT2D eigenvalue weighted by molar-refractivity contribution is -0.124. The maximum Gasteiger partial charge on any atom is 0.255 e. The van der Waals surface area contributed by atoms with Crippen LogP contribution in [0.5, 0.6) is 0 Å². The molecule has 3 N–H and O–H groups in total. The van der Waals surface area contributed by atoms with Gasteiger partial charge >= 0.3 is 0 Å². The quantitative estimate of drug-likeness (QED) is 0.602. The van der Waals surface area contributed by atoms with Crippen LogP contribution in [0.15, 0.2) is 48.5 Å². The molecule has 1 aliphatic carbocycles. The van der Waals surface area contributed by atoms with Crippen molar-refractivity contribution < 1.29 is 9.59 Å². The second kappa shape index (κ2) is 11.6. The molecule has 2 amide bonds. The fourth-order valence-electron chi connectivity index (χ4n) is 3.55. The molecular weight excluding hydrogens is 386 g/mol. The fraction of sp³-hybridized carbons (Fsp3) is 0.391. The van der Waals surface area contributed by atoms with Crippen LogP contribution < -0.4 is 16.0 Å². The van der Waals surface area contributed by atoms with Crippen LogP contribution in [0.3, 0.4) is 0 Å². The molecule has 0 saturated heterocycles. The van der Waals surface area contributed by atoms with Gasteiger partial charge in [0.15, 0.2) is 0 Å². The highest BCUT2D eigenvalue weighted by Gasteiger charge is 2.22. The SMILES string of the molecule is CCNCc1ccccc1NC(=O)c1ccc(CNC(=O)C2CCCC2)cc1.Cl. The number of halogens is 1. The molecule has 0 bridgehead atoms. The Kier molecular flexibility index (Phi) is 9.16. The van der Waals surface area contributed by atoms with Gasteiger partial charge in [-0.1, -0.05) is 50.1 Å². The van der Waals surface area contributed by atoms with E-state index in [1.807, 2.05) is 36.4 Å². The summed E-state index contributed by atoms with van der Waals surface area (Å²) < 4.78 is 0. The van der Waals surface area contributed by atoms with Crippen molar-refractivity contribution in [3.8, 4) is 0 Å². The number of anilines is 1. The standard InChI is InChI=1S/C23H29N3O2.ClH/c1-2-24-16-20-9-5-6-10-21(20)26-23(28)19-13-11-17(12-14-19)15-25-22(27)18-7-3-4-8-18;/h5-6,9-14,18,24H,2-4,7-8,15-16H2,1H3,(H,25,27)(H,26,28);1H. The summed E-state index contributed by atoms with van der Waals surface area (Å²) in [5.41, 5.74) is 3.48. The third-order valence-electron chi connectivity index (χ3n) is 5.24. The molecule has 1 saturated carbocycles. The summed E-state index contributed by atoms with van der Waals surface area (Å²) in [5.74, 6) is 0.189. The van der Waals surface area contributed by atoms with E-state index in [1.54, 1.807) is 12.1 Å².